The Balaban J connectivity index is 1.82. The molecule has 1 aromatic heterocycles. The number of anilines is 1. The molecule has 1 N–H and O–H groups in total. The number of hydrogen-bond acceptors (Lipinski definition) is 5. The molecule has 0 fully saturated rings. The number of carbonyl (C=O) groups is 1. The smallest absolute Gasteiger partial charge is 0.269 e. The summed E-state index contributed by atoms with van der Waals surface area (Å²) in [5, 5.41) is 22.9. The quantitative estimate of drug-likeness (QED) is 0.239. The first-order valence-electron chi connectivity index (χ1n) is 8.41. The number of amides is 1. The topological polar surface area (TPSA) is 109 Å². The number of nitriles is 1. The number of benzene rings is 2. The number of furan rings is 1. The number of aryl methyl sites for hydroxylation is 1. The molecule has 0 saturated carbocycles. The molecule has 0 aliphatic rings. The van der Waals surface area contributed by atoms with E-state index in [9.17, 15) is 20.2 Å². The highest BCUT2D eigenvalue weighted by Gasteiger charge is 2.14. The fourth-order valence-corrected chi connectivity index (χ4v) is 2.90. The van der Waals surface area contributed by atoms with E-state index in [1.807, 2.05) is 6.07 Å². The minimum atomic E-state index is -0.556. The van der Waals surface area contributed by atoms with Gasteiger partial charge in [0.15, 0.2) is 0 Å². The molecular weight excluding hydrogens is 438 g/mol. The van der Waals surface area contributed by atoms with E-state index >= 15 is 0 Å². The Bertz CT molecular complexity index is 1160. The van der Waals surface area contributed by atoms with Gasteiger partial charge in [-0.1, -0.05) is 15.9 Å². The zero-order chi connectivity index (χ0) is 21.0. The number of non-ortho nitro benzene ring substituents is 1. The van der Waals surface area contributed by atoms with Crippen LogP contribution in [0.15, 0.2) is 69.1 Å². The van der Waals surface area contributed by atoms with Crippen molar-refractivity contribution in [2.75, 3.05) is 5.32 Å². The van der Waals surface area contributed by atoms with E-state index in [1.54, 1.807) is 49.4 Å². The van der Waals surface area contributed by atoms with Gasteiger partial charge in [-0.3, -0.25) is 14.9 Å². The van der Waals surface area contributed by atoms with Crippen LogP contribution in [-0.4, -0.2) is 10.8 Å². The minimum Gasteiger partial charge on any atom is -0.457 e. The van der Waals surface area contributed by atoms with Crippen LogP contribution < -0.4 is 5.32 Å². The molecule has 0 aliphatic carbocycles. The predicted octanol–water partition coefficient (Wildman–Crippen LogP) is 5.47. The summed E-state index contributed by atoms with van der Waals surface area (Å²) in [5.41, 5.74) is 1.80. The highest BCUT2D eigenvalue weighted by molar-refractivity contribution is 9.10. The predicted molar refractivity (Wildman–Crippen MR) is 112 cm³/mol. The first-order chi connectivity index (χ1) is 13.9. The lowest BCUT2D eigenvalue weighted by Gasteiger charge is -2.04. The summed E-state index contributed by atoms with van der Waals surface area (Å²) in [6.07, 6.45) is 1.35. The molecule has 1 heterocycles. The maximum absolute atomic E-state index is 12.3. The molecule has 0 unspecified atom stereocenters. The summed E-state index contributed by atoms with van der Waals surface area (Å²) in [7, 11) is 0. The Morgan fingerprint density at radius 1 is 1.21 bits per heavy atom. The van der Waals surface area contributed by atoms with Gasteiger partial charge in [0.25, 0.3) is 11.6 Å². The van der Waals surface area contributed by atoms with Crippen LogP contribution in [0.25, 0.3) is 17.4 Å². The van der Waals surface area contributed by atoms with Crippen molar-refractivity contribution in [2.24, 2.45) is 0 Å². The molecule has 3 aromatic rings. The molecule has 0 bridgehead atoms. The summed E-state index contributed by atoms with van der Waals surface area (Å²) < 4.78 is 6.59. The van der Waals surface area contributed by atoms with Gasteiger partial charge in [0.1, 0.15) is 23.2 Å². The lowest BCUT2D eigenvalue weighted by atomic mass is 10.1. The maximum Gasteiger partial charge on any atom is 0.269 e. The van der Waals surface area contributed by atoms with Crippen molar-refractivity contribution in [2.45, 2.75) is 6.92 Å². The SMILES string of the molecule is Cc1cc([N+](=O)[O-])ccc1-c1ccc(/C=C(\C#N)C(=O)Nc2ccc(Br)cc2)o1. The largest absolute Gasteiger partial charge is 0.457 e. The Kier molecular flexibility index (Phi) is 5.90. The molecule has 0 spiro atoms. The van der Waals surface area contributed by atoms with Crippen molar-refractivity contribution in [1.82, 2.24) is 0 Å². The summed E-state index contributed by atoms with van der Waals surface area (Å²) >= 11 is 3.31. The second kappa shape index (κ2) is 8.54. The van der Waals surface area contributed by atoms with E-state index in [1.165, 1.54) is 18.2 Å². The normalized spacial score (nSPS) is 11.0. The van der Waals surface area contributed by atoms with Gasteiger partial charge in [0.05, 0.1) is 4.92 Å². The van der Waals surface area contributed by atoms with Gasteiger partial charge in [-0.05, 0) is 55.0 Å². The molecule has 144 valence electrons. The van der Waals surface area contributed by atoms with Crippen LogP contribution >= 0.6 is 15.9 Å². The number of nitro groups is 1. The van der Waals surface area contributed by atoms with Crippen molar-refractivity contribution < 1.29 is 14.1 Å². The summed E-state index contributed by atoms with van der Waals surface area (Å²) in [6, 6.07) is 16.6. The third-order valence-electron chi connectivity index (χ3n) is 4.07. The fourth-order valence-electron chi connectivity index (χ4n) is 2.64. The number of nitrogens with zero attached hydrogens (tertiary/aromatic N) is 2. The van der Waals surface area contributed by atoms with Gasteiger partial charge in [-0.2, -0.15) is 5.26 Å². The standard InChI is InChI=1S/C21H14BrN3O4/c1-13-10-17(25(27)28)6-8-19(13)20-9-7-18(29-20)11-14(12-23)21(26)24-16-4-2-15(22)3-5-16/h2-11H,1H3,(H,24,26)/b14-11+. The van der Waals surface area contributed by atoms with Crippen molar-refractivity contribution in [3.63, 3.8) is 0 Å². The highest BCUT2D eigenvalue weighted by Crippen LogP contribution is 2.29. The van der Waals surface area contributed by atoms with Crippen LogP contribution in [0.3, 0.4) is 0 Å². The number of nitro benzene ring substituents is 1. The summed E-state index contributed by atoms with van der Waals surface area (Å²) in [5.74, 6) is 0.244. The second-order valence-electron chi connectivity index (χ2n) is 6.09. The molecule has 2 aromatic carbocycles. The van der Waals surface area contributed by atoms with Crippen LogP contribution in [0.1, 0.15) is 11.3 Å². The summed E-state index contributed by atoms with van der Waals surface area (Å²) in [4.78, 5) is 22.8. The third kappa shape index (κ3) is 4.78. The number of nitrogens with one attached hydrogen (secondary N) is 1. The van der Waals surface area contributed by atoms with Crippen molar-refractivity contribution in [1.29, 1.82) is 5.26 Å². The average Bonchev–Trinajstić information content (AvgIpc) is 3.16. The second-order valence-corrected chi connectivity index (χ2v) is 7.00. The lowest BCUT2D eigenvalue weighted by molar-refractivity contribution is -0.384. The fraction of sp³-hybridized carbons (Fsp3) is 0.0476. The van der Waals surface area contributed by atoms with Crippen molar-refractivity contribution >= 4 is 39.3 Å². The average molecular weight is 452 g/mol. The molecule has 29 heavy (non-hydrogen) atoms. The Morgan fingerprint density at radius 2 is 1.93 bits per heavy atom. The molecule has 1 amide bonds. The number of carbonyl (C=O) groups excluding carboxylic acids is 1. The Labute approximate surface area is 174 Å². The van der Waals surface area contributed by atoms with E-state index < -0.39 is 10.8 Å². The highest BCUT2D eigenvalue weighted by atomic mass is 79.9. The molecule has 7 nitrogen and oxygen atoms in total. The first-order valence-corrected chi connectivity index (χ1v) is 9.20. The van der Waals surface area contributed by atoms with Gasteiger partial charge < -0.3 is 9.73 Å². The van der Waals surface area contributed by atoms with Crippen LogP contribution in [0.4, 0.5) is 11.4 Å². The van der Waals surface area contributed by atoms with E-state index in [0.29, 0.717) is 28.3 Å². The number of halogens is 1. The van der Waals surface area contributed by atoms with Crippen molar-refractivity contribution in [3.05, 3.63) is 86.1 Å². The van der Waals surface area contributed by atoms with Gasteiger partial charge in [0, 0.05) is 33.9 Å². The zero-order valence-corrected chi connectivity index (χ0v) is 16.8. The van der Waals surface area contributed by atoms with Gasteiger partial charge >= 0.3 is 0 Å². The molecule has 3 rings (SSSR count). The van der Waals surface area contributed by atoms with Crippen molar-refractivity contribution in [3.8, 4) is 17.4 Å². The molecular formula is C21H14BrN3O4. The van der Waals surface area contributed by atoms with Crippen LogP contribution in [0.2, 0.25) is 0 Å². The van der Waals surface area contributed by atoms with Crippen LogP contribution in [0.5, 0.6) is 0 Å². The number of rotatable bonds is 5. The van der Waals surface area contributed by atoms with E-state index in [0.717, 1.165) is 4.47 Å². The monoisotopic (exact) mass is 451 g/mol. The van der Waals surface area contributed by atoms with E-state index in [4.69, 9.17) is 4.42 Å². The summed E-state index contributed by atoms with van der Waals surface area (Å²) in [6.45, 7) is 1.74. The molecule has 0 aliphatic heterocycles. The molecule has 0 saturated heterocycles. The Morgan fingerprint density at radius 3 is 2.55 bits per heavy atom. The molecule has 0 radical (unpaired) electrons. The number of hydrogen-bond donors (Lipinski definition) is 1. The van der Waals surface area contributed by atoms with Gasteiger partial charge in [-0.15, -0.1) is 0 Å². The molecule has 8 heteroatoms. The van der Waals surface area contributed by atoms with Gasteiger partial charge in [-0.25, -0.2) is 0 Å². The minimum absolute atomic E-state index is 0.00527. The van der Waals surface area contributed by atoms with Gasteiger partial charge in [0.2, 0.25) is 0 Å². The van der Waals surface area contributed by atoms with Crippen LogP contribution in [0, 0.1) is 28.4 Å². The van der Waals surface area contributed by atoms with E-state index in [2.05, 4.69) is 21.2 Å². The first kappa shape index (κ1) is 20.0. The lowest BCUT2D eigenvalue weighted by Crippen LogP contribution is -2.13. The maximum atomic E-state index is 12.3. The Hall–Kier alpha value is -3.70. The van der Waals surface area contributed by atoms with E-state index in [-0.39, 0.29) is 11.3 Å². The molecule has 0 atom stereocenters. The zero-order valence-electron chi connectivity index (χ0n) is 15.2. The third-order valence-corrected chi connectivity index (χ3v) is 4.60. The van der Waals surface area contributed by atoms with Crippen LogP contribution in [-0.2, 0) is 4.79 Å².